The smallest absolute Gasteiger partial charge is 0.196 e. The summed E-state index contributed by atoms with van der Waals surface area (Å²) >= 11 is 3.15. The van der Waals surface area contributed by atoms with E-state index in [1.807, 2.05) is 0 Å². The molecule has 0 saturated carbocycles. The van der Waals surface area contributed by atoms with Gasteiger partial charge in [-0.3, -0.25) is 0 Å². The van der Waals surface area contributed by atoms with Gasteiger partial charge in [0, 0.05) is 16.6 Å². The summed E-state index contributed by atoms with van der Waals surface area (Å²) in [5.41, 5.74) is 0.402. The van der Waals surface area contributed by atoms with Crippen LogP contribution in [0.2, 0.25) is 0 Å². The topological polar surface area (TPSA) is 49.7 Å². The molecule has 0 bridgehead atoms. The summed E-state index contributed by atoms with van der Waals surface area (Å²) in [5, 5.41) is 18.0. The molecule has 0 aliphatic carbocycles. The van der Waals surface area contributed by atoms with Gasteiger partial charge in [-0.25, -0.2) is 4.39 Å². The van der Waals surface area contributed by atoms with Crippen LogP contribution in [0.15, 0.2) is 10.5 Å². The van der Waals surface area contributed by atoms with Crippen molar-refractivity contribution in [1.82, 2.24) is 0 Å². The second-order valence-electron chi connectivity index (χ2n) is 3.03. The van der Waals surface area contributed by atoms with Crippen LogP contribution in [-0.2, 0) is 6.42 Å². The van der Waals surface area contributed by atoms with Crippen molar-refractivity contribution in [3.63, 3.8) is 0 Å². The average Bonchev–Trinajstić information content (AvgIpc) is 2.17. The molecule has 0 saturated heterocycles. The molecule has 15 heavy (non-hydrogen) atoms. The highest BCUT2D eigenvalue weighted by Gasteiger charge is 2.16. The molecule has 2 N–H and O–H groups in total. The normalized spacial score (nSPS) is 10.4. The van der Waals surface area contributed by atoms with E-state index in [0.717, 1.165) is 0 Å². The van der Waals surface area contributed by atoms with Crippen molar-refractivity contribution in [3.8, 4) is 11.5 Å². The zero-order chi connectivity index (χ0) is 11.4. The molecule has 1 aromatic carbocycles. The van der Waals surface area contributed by atoms with Gasteiger partial charge >= 0.3 is 0 Å². The first-order chi connectivity index (χ1) is 7.11. The van der Waals surface area contributed by atoms with Crippen LogP contribution in [0.25, 0.3) is 0 Å². The minimum Gasteiger partial charge on any atom is -0.504 e. The molecule has 0 unspecified atom stereocenters. The number of ether oxygens (including phenoxy) is 1. The number of aromatic hydroxyl groups is 1. The molecule has 0 aliphatic heterocycles. The molecule has 5 heteroatoms. The van der Waals surface area contributed by atoms with Crippen molar-refractivity contribution >= 4 is 15.9 Å². The van der Waals surface area contributed by atoms with E-state index in [4.69, 9.17) is 9.84 Å². The van der Waals surface area contributed by atoms with E-state index in [9.17, 15) is 9.50 Å². The van der Waals surface area contributed by atoms with E-state index in [2.05, 4.69) is 15.9 Å². The van der Waals surface area contributed by atoms with Gasteiger partial charge in [0.15, 0.2) is 17.3 Å². The van der Waals surface area contributed by atoms with Gasteiger partial charge < -0.3 is 14.9 Å². The lowest BCUT2D eigenvalue weighted by Crippen LogP contribution is -1.99. The summed E-state index contributed by atoms with van der Waals surface area (Å²) in [6.07, 6.45) is 0.850. The predicted octanol–water partition coefficient (Wildman–Crippen LogP) is 2.23. The second kappa shape index (κ2) is 5.32. The molecule has 0 amide bonds. The van der Waals surface area contributed by atoms with Gasteiger partial charge in [0.05, 0.1) is 7.11 Å². The minimum atomic E-state index is -0.585. The molecule has 0 atom stereocenters. The number of hydrogen-bond acceptors (Lipinski definition) is 3. The van der Waals surface area contributed by atoms with Crippen LogP contribution in [0, 0.1) is 5.82 Å². The van der Waals surface area contributed by atoms with Gasteiger partial charge in [-0.1, -0.05) is 15.9 Å². The number of aliphatic hydroxyl groups is 1. The molecule has 0 heterocycles. The Kier molecular flexibility index (Phi) is 4.35. The van der Waals surface area contributed by atoms with Gasteiger partial charge in [0.25, 0.3) is 0 Å². The third-order valence-corrected chi connectivity index (χ3v) is 2.75. The maximum atomic E-state index is 13.7. The Morgan fingerprint density at radius 3 is 2.73 bits per heavy atom. The Labute approximate surface area is 95.6 Å². The fourth-order valence-electron chi connectivity index (χ4n) is 1.31. The molecular weight excluding hydrogens is 267 g/mol. The van der Waals surface area contributed by atoms with Crippen molar-refractivity contribution < 1.29 is 19.3 Å². The Hall–Kier alpha value is -0.810. The van der Waals surface area contributed by atoms with Crippen LogP contribution in [0.4, 0.5) is 4.39 Å². The van der Waals surface area contributed by atoms with Gasteiger partial charge in [-0.2, -0.15) is 0 Å². The van der Waals surface area contributed by atoms with Gasteiger partial charge in [-0.15, -0.1) is 0 Å². The molecule has 0 aliphatic rings. The third kappa shape index (κ3) is 2.60. The number of halogens is 2. The molecule has 0 fully saturated rings. The average molecular weight is 279 g/mol. The Bertz CT molecular complexity index is 355. The molecule has 84 valence electrons. The van der Waals surface area contributed by atoms with Crippen LogP contribution >= 0.6 is 15.9 Å². The third-order valence-electron chi connectivity index (χ3n) is 2.04. The Balaban J connectivity index is 3.14. The number of phenolic OH excluding ortho intramolecular Hbond substituents is 1. The highest BCUT2D eigenvalue weighted by molar-refractivity contribution is 9.10. The van der Waals surface area contributed by atoms with Crippen LogP contribution in [0.5, 0.6) is 11.5 Å². The summed E-state index contributed by atoms with van der Waals surface area (Å²) in [7, 11) is 1.29. The van der Waals surface area contributed by atoms with E-state index in [1.54, 1.807) is 0 Å². The first-order valence-corrected chi connectivity index (χ1v) is 5.25. The van der Waals surface area contributed by atoms with Crippen molar-refractivity contribution in [1.29, 1.82) is 0 Å². The van der Waals surface area contributed by atoms with E-state index in [1.165, 1.54) is 13.2 Å². The Morgan fingerprint density at radius 2 is 2.20 bits per heavy atom. The minimum absolute atomic E-state index is 0.00489. The lowest BCUT2D eigenvalue weighted by molar-refractivity contribution is 0.287. The zero-order valence-electron chi connectivity index (χ0n) is 8.26. The quantitative estimate of drug-likeness (QED) is 0.888. The molecule has 0 spiro atoms. The maximum Gasteiger partial charge on any atom is 0.196 e. The summed E-state index contributed by atoms with van der Waals surface area (Å²) in [5.74, 6) is -0.987. The van der Waals surface area contributed by atoms with Crippen LogP contribution in [0.1, 0.15) is 12.0 Å². The van der Waals surface area contributed by atoms with E-state index >= 15 is 0 Å². The maximum absolute atomic E-state index is 13.7. The largest absolute Gasteiger partial charge is 0.504 e. The Morgan fingerprint density at radius 1 is 1.53 bits per heavy atom. The molecule has 1 rings (SSSR count). The van der Waals surface area contributed by atoms with E-state index < -0.39 is 5.82 Å². The number of aliphatic hydroxyl groups excluding tert-OH is 1. The van der Waals surface area contributed by atoms with Crippen LogP contribution in [0.3, 0.4) is 0 Å². The fraction of sp³-hybridized carbons (Fsp3) is 0.400. The van der Waals surface area contributed by atoms with Gasteiger partial charge in [0.1, 0.15) is 0 Å². The first kappa shape index (κ1) is 12.3. The second-order valence-corrected chi connectivity index (χ2v) is 3.88. The number of methoxy groups -OCH3 is 1. The lowest BCUT2D eigenvalue weighted by Gasteiger charge is -2.11. The van der Waals surface area contributed by atoms with Crippen LogP contribution in [-0.4, -0.2) is 23.9 Å². The molecular formula is C10H12BrFO3. The standard InChI is InChI=1S/C10H12BrFO3/c1-15-10-8(14)5-7(11)6(9(10)12)3-2-4-13/h5,13-14H,2-4H2,1H3. The summed E-state index contributed by atoms with van der Waals surface area (Å²) in [6, 6.07) is 1.38. The van der Waals surface area contributed by atoms with Crippen molar-refractivity contribution in [3.05, 3.63) is 21.9 Å². The fourth-order valence-corrected chi connectivity index (χ4v) is 1.90. The molecule has 3 nitrogen and oxygen atoms in total. The number of phenols is 1. The summed E-state index contributed by atoms with van der Waals surface area (Å²) < 4.78 is 18.9. The van der Waals surface area contributed by atoms with Crippen molar-refractivity contribution in [2.45, 2.75) is 12.8 Å². The number of hydrogen-bond donors (Lipinski definition) is 2. The van der Waals surface area contributed by atoms with E-state index in [0.29, 0.717) is 22.9 Å². The lowest BCUT2D eigenvalue weighted by atomic mass is 10.1. The summed E-state index contributed by atoms with van der Waals surface area (Å²) in [6.45, 7) is -0.00489. The molecule has 0 aromatic heterocycles. The number of rotatable bonds is 4. The SMILES string of the molecule is COc1c(O)cc(Br)c(CCCO)c1F. The van der Waals surface area contributed by atoms with Crippen molar-refractivity contribution in [2.75, 3.05) is 13.7 Å². The van der Waals surface area contributed by atoms with E-state index in [-0.39, 0.29) is 18.1 Å². The first-order valence-electron chi connectivity index (χ1n) is 4.46. The van der Waals surface area contributed by atoms with Gasteiger partial charge in [0.2, 0.25) is 0 Å². The highest BCUT2D eigenvalue weighted by atomic mass is 79.9. The van der Waals surface area contributed by atoms with Gasteiger partial charge in [-0.05, 0) is 18.9 Å². The predicted molar refractivity (Wildman–Crippen MR) is 57.7 cm³/mol. The highest BCUT2D eigenvalue weighted by Crippen LogP contribution is 2.36. The van der Waals surface area contributed by atoms with Crippen LogP contribution < -0.4 is 4.74 Å². The zero-order valence-corrected chi connectivity index (χ0v) is 9.84. The monoisotopic (exact) mass is 278 g/mol. The summed E-state index contributed by atoms with van der Waals surface area (Å²) in [4.78, 5) is 0. The molecule has 1 aromatic rings. The molecule has 0 radical (unpaired) electrons. The number of benzene rings is 1. The van der Waals surface area contributed by atoms with Crippen molar-refractivity contribution in [2.24, 2.45) is 0 Å².